The van der Waals surface area contributed by atoms with E-state index in [1.54, 1.807) is 0 Å². The number of rotatable bonds is 5. The van der Waals surface area contributed by atoms with Crippen molar-refractivity contribution in [3.63, 3.8) is 0 Å². The molecule has 4 heteroatoms. The van der Waals surface area contributed by atoms with E-state index in [4.69, 9.17) is 4.74 Å². The Kier molecular flexibility index (Phi) is 5.64. The summed E-state index contributed by atoms with van der Waals surface area (Å²) in [6, 6.07) is 14.4. The van der Waals surface area contributed by atoms with Gasteiger partial charge in [-0.05, 0) is 37.7 Å². The van der Waals surface area contributed by atoms with Gasteiger partial charge in [0.1, 0.15) is 5.75 Å². The summed E-state index contributed by atoms with van der Waals surface area (Å²) in [5.74, 6) is 0.921. The minimum absolute atomic E-state index is 0.0835. The molecule has 2 nitrogen and oxygen atoms in total. The average Bonchev–Trinajstić information content (AvgIpc) is 2.44. The number of halogens is 2. The summed E-state index contributed by atoms with van der Waals surface area (Å²) in [4.78, 5) is 0. The van der Waals surface area contributed by atoms with E-state index < -0.39 is 0 Å². The normalized spacial score (nSPS) is 12.2. The molecule has 0 bridgehead atoms. The zero-order valence-corrected chi connectivity index (χ0v) is 14.7. The molecule has 0 aromatic heterocycles. The van der Waals surface area contributed by atoms with Crippen molar-refractivity contribution >= 4 is 31.9 Å². The van der Waals surface area contributed by atoms with Gasteiger partial charge in [0.25, 0.3) is 0 Å². The highest BCUT2D eigenvalue weighted by Crippen LogP contribution is 2.34. The van der Waals surface area contributed by atoms with Crippen LogP contribution in [0.25, 0.3) is 0 Å². The zero-order valence-electron chi connectivity index (χ0n) is 11.5. The molecule has 0 saturated carbocycles. The highest BCUT2D eigenvalue weighted by Gasteiger charge is 2.18. The van der Waals surface area contributed by atoms with Crippen molar-refractivity contribution < 1.29 is 4.74 Å². The molecule has 0 saturated heterocycles. The highest BCUT2D eigenvalue weighted by atomic mass is 79.9. The van der Waals surface area contributed by atoms with E-state index in [2.05, 4.69) is 55.4 Å². The maximum absolute atomic E-state index is 5.74. The molecular weight excluding hydrogens is 382 g/mol. The van der Waals surface area contributed by atoms with Gasteiger partial charge < -0.3 is 10.1 Å². The predicted octanol–water partition coefficient (Wildman–Crippen LogP) is 4.92. The van der Waals surface area contributed by atoms with E-state index >= 15 is 0 Å². The Morgan fingerprint density at radius 2 is 1.85 bits per heavy atom. The number of hydrogen-bond acceptors (Lipinski definition) is 2. The molecule has 1 atom stereocenters. The Bertz CT molecular complexity index is 586. The lowest BCUT2D eigenvalue weighted by Gasteiger charge is -2.21. The summed E-state index contributed by atoms with van der Waals surface area (Å²) in [5.41, 5.74) is 2.32. The van der Waals surface area contributed by atoms with Crippen molar-refractivity contribution in [1.82, 2.24) is 5.32 Å². The van der Waals surface area contributed by atoms with E-state index in [9.17, 15) is 0 Å². The lowest BCUT2D eigenvalue weighted by Crippen LogP contribution is -2.19. The number of ether oxygens (including phenoxy) is 1. The van der Waals surface area contributed by atoms with Gasteiger partial charge in [-0.15, -0.1) is 0 Å². The van der Waals surface area contributed by atoms with Crippen molar-refractivity contribution in [2.24, 2.45) is 0 Å². The van der Waals surface area contributed by atoms with Crippen LogP contribution in [-0.4, -0.2) is 13.7 Å². The molecule has 0 heterocycles. The van der Waals surface area contributed by atoms with E-state index in [1.165, 1.54) is 5.56 Å². The third-order valence-corrected chi connectivity index (χ3v) is 4.27. The van der Waals surface area contributed by atoms with Crippen LogP contribution in [0.15, 0.2) is 51.4 Å². The molecule has 0 aliphatic carbocycles. The third-order valence-electron chi connectivity index (χ3n) is 3.09. The molecule has 2 rings (SSSR count). The maximum atomic E-state index is 5.74. The molecule has 0 aliphatic rings. The van der Waals surface area contributed by atoms with Gasteiger partial charge in [0.2, 0.25) is 0 Å². The van der Waals surface area contributed by atoms with Crippen LogP contribution in [0.4, 0.5) is 0 Å². The summed E-state index contributed by atoms with van der Waals surface area (Å²) in [6.07, 6.45) is 0. The van der Waals surface area contributed by atoms with Crippen LogP contribution in [0, 0.1) is 0 Å². The minimum Gasteiger partial charge on any atom is -0.494 e. The van der Waals surface area contributed by atoms with Gasteiger partial charge in [0, 0.05) is 14.5 Å². The Morgan fingerprint density at radius 1 is 1.10 bits per heavy atom. The Morgan fingerprint density at radius 3 is 2.50 bits per heavy atom. The summed E-state index contributed by atoms with van der Waals surface area (Å²) in [5, 5.41) is 3.37. The van der Waals surface area contributed by atoms with Crippen molar-refractivity contribution in [2.45, 2.75) is 13.0 Å². The SMILES string of the molecule is CCOc1ccccc1C(NC)c1ccc(Br)cc1Br. The van der Waals surface area contributed by atoms with E-state index in [1.807, 2.05) is 38.2 Å². The number of para-hydroxylation sites is 1. The molecule has 2 aromatic carbocycles. The van der Waals surface area contributed by atoms with Crippen LogP contribution < -0.4 is 10.1 Å². The zero-order chi connectivity index (χ0) is 14.5. The monoisotopic (exact) mass is 397 g/mol. The molecule has 0 spiro atoms. The Balaban J connectivity index is 2.47. The van der Waals surface area contributed by atoms with Crippen molar-refractivity contribution in [3.8, 4) is 5.75 Å². The standard InChI is InChI=1S/C16H17Br2NO/c1-3-20-15-7-5-4-6-13(15)16(19-2)12-9-8-11(17)10-14(12)18/h4-10,16,19H,3H2,1-2H3. The first-order valence-electron chi connectivity index (χ1n) is 6.51. The molecule has 1 unspecified atom stereocenters. The number of nitrogens with one attached hydrogen (secondary N) is 1. The van der Waals surface area contributed by atoms with E-state index in [0.717, 1.165) is 20.3 Å². The summed E-state index contributed by atoms with van der Waals surface area (Å²) in [6.45, 7) is 2.66. The Labute approximate surface area is 136 Å². The van der Waals surface area contributed by atoms with Crippen LogP contribution >= 0.6 is 31.9 Å². The van der Waals surface area contributed by atoms with Gasteiger partial charge in [0.05, 0.1) is 12.6 Å². The van der Waals surface area contributed by atoms with Crippen LogP contribution in [-0.2, 0) is 0 Å². The van der Waals surface area contributed by atoms with Crippen LogP contribution in [0.2, 0.25) is 0 Å². The van der Waals surface area contributed by atoms with Crippen molar-refractivity contribution in [2.75, 3.05) is 13.7 Å². The molecule has 0 fully saturated rings. The van der Waals surface area contributed by atoms with Crippen molar-refractivity contribution in [3.05, 3.63) is 62.5 Å². The maximum Gasteiger partial charge on any atom is 0.124 e. The van der Waals surface area contributed by atoms with Crippen molar-refractivity contribution in [1.29, 1.82) is 0 Å². The number of benzene rings is 2. The second-order valence-electron chi connectivity index (χ2n) is 4.36. The second-order valence-corrected chi connectivity index (χ2v) is 6.13. The fourth-order valence-electron chi connectivity index (χ4n) is 2.22. The molecule has 0 aliphatic heterocycles. The lowest BCUT2D eigenvalue weighted by molar-refractivity contribution is 0.334. The smallest absolute Gasteiger partial charge is 0.124 e. The molecule has 106 valence electrons. The first kappa shape index (κ1) is 15.5. The molecular formula is C16H17Br2NO. The molecule has 20 heavy (non-hydrogen) atoms. The summed E-state index contributed by atoms with van der Waals surface area (Å²) in [7, 11) is 1.96. The molecule has 0 amide bonds. The van der Waals surface area contributed by atoms with Gasteiger partial charge in [0.15, 0.2) is 0 Å². The first-order chi connectivity index (χ1) is 9.67. The number of hydrogen-bond donors (Lipinski definition) is 1. The quantitative estimate of drug-likeness (QED) is 0.771. The van der Waals surface area contributed by atoms with Gasteiger partial charge in [-0.3, -0.25) is 0 Å². The first-order valence-corrected chi connectivity index (χ1v) is 8.10. The van der Waals surface area contributed by atoms with Gasteiger partial charge in [-0.1, -0.05) is 56.1 Å². The highest BCUT2D eigenvalue weighted by molar-refractivity contribution is 9.11. The average molecular weight is 399 g/mol. The summed E-state index contributed by atoms with van der Waals surface area (Å²) >= 11 is 7.13. The third kappa shape index (κ3) is 3.43. The van der Waals surface area contributed by atoms with E-state index in [-0.39, 0.29) is 6.04 Å². The molecule has 0 radical (unpaired) electrons. The van der Waals surface area contributed by atoms with Crippen LogP contribution in [0.5, 0.6) is 5.75 Å². The minimum atomic E-state index is 0.0835. The van der Waals surface area contributed by atoms with Crippen LogP contribution in [0.1, 0.15) is 24.1 Å². The van der Waals surface area contributed by atoms with E-state index in [0.29, 0.717) is 6.61 Å². The molecule has 2 aromatic rings. The Hall–Kier alpha value is -0.840. The fourth-order valence-corrected chi connectivity index (χ4v) is 3.50. The lowest BCUT2D eigenvalue weighted by atomic mass is 9.98. The fraction of sp³-hybridized carbons (Fsp3) is 0.250. The van der Waals surface area contributed by atoms with Gasteiger partial charge >= 0.3 is 0 Å². The largest absolute Gasteiger partial charge is 0.494 e. The van der Waals surface area contributed by atoms with Gasteiger partial charge in [-0.25, -0.2) is 0 Å². The van der Waals surface area contributed by atoms with Crippen LogP contribution in [0.3, 0.4) is 0 Å². The summed E-state index contributed by atoms with van der Waals surface area (Å²) < 4.78 is 7.86. The second kappa shape index (κ2) is 7.25. The molecule has 1 N–H and O–H groups in total. The topological polar surface area (TPSA) is 21.3 Å². The van der Waals surface area contributed by atoms with Gasteiger partial charge in [-0.2, -0.15) is 0 Å². The predicted molar refractivity (Wildman–Crippen MR) is 90.4 cm³/mol.